The minimum absolute atomic E-state index is 0.0640. The highest BCUT2D eigenvalue weighted by molar-refractivity contribution is 8.15. The average molecular weight is 521 g/mol. The summed E-state index contributed by atoms with van der Waals surface area (Å²) in [6.45, 7) is 8.01. The summed E-state index contributed by atoms with van der Waals surface area (Å²) in [5.74, 6) is 4.70. The molecule has 11 heteroatoms. The van der Waals surface area contributed by atoms with Crippen LogP contribution in [-0.2, 0) is 15.1 Å². The monoisotopic (exact) mass is 520 g/mol. The molecule has 2 aliphatic heterocycles. The lowest BCUT2D eigenvalue weighted by atomic mass is 9.84. The lowest BCUT2D eigenvalue weighted by Crippen LogP contribution is -2.41. The van der Waals surface area contributed by atoms with E-state index in [4.69, 9.17) is 17.0 Å². The number of nitrogens with two attached hydrogens (primary N) is 1. The van der Waals surface area contributed by atoms with Crippen molar-refractivity contribution in [1.82, 2.24) is 14.9 Å². The van der Waals surface area contributed by atoms with Crippen LogP contribution in [-0.4, -0.2) is 63.7 Å². The van der Waals surface area contributed by atoms with Gasteiger partial charge in [0.2, 0.25) is 17.4 Å². The molecule has 188 valence electrons. The smallest absolute Gasteiger partial charge is 0.246 e. The van der Waals surface area contributed by atoms with Gasteiger partial charge in [-0.3, -0.25) is 4.79 Å². The van der Waals surface area contributed by atoms with Crippen molar-refractivity contribution in [3.05, 3.63) is 76.9 Å². The molecule has 1 saturated heterocycles. The highest BCUT2D eigenvalue weighted by Gasteiger charge is 2.67. The molecule has 0 bridgehead atoms. The molecule has 0 unspecified atom stereocenters. The van der Waals surface area contributed by atoms with Gasteiger partial charge in [0.15, 0.2) is 5.17 Å². The van der Waals surface area contributed by atoms with Gasteiger partial charge in [0.1, 0.15) is 18.0 Å². The third-order valence-corrected chi connectivity index (χ3v) is 7.95. The highest BCUT2D eigenvalue weighted by Crippen LogP contribution is 2.66. The van der Waals surface area contributed by atoms with Gasteiger partial charge < -0.3 is 15.4 Å². The van der Waals surface area contributed by atoms with Crippen LogP contribution in [0.1, 0.15) is 23.4 Å². The van der Waals surface area contributed by atoms with Gasteiger partial charge in [-0.15, -0.1) is 0 Å². The standard InChI is InChI=1S/C26H22F2N6O2S/c1-30-18-14-31-22(32-15-18)5-3-17-2-4-20(28)19(12-17)26(16-27)21-13-25(21,37-24(29)33-26)7-6-23(35)34-8-10-36-11-9-34/h2,4,6-7,12,14-15,21H,8-11,13,16H2,(H2,29,33)/b7-6+/t21-,25+,26-/m1/s1. The maximum Gasteiger partial charge on any atom is 0.246 e. The molecule has 3 heterocycles. The van der Waals surface area contributed by atoms with Crippen LogP contribution >= 0.6 is 11.8 Å². The summed E-state index contributed by atoms with van der Waals surface area (Å²) in [7, 11) is 0. The Balaban J connectivity index is 1.44. The van der Waals surface area contributed by atoms with E-state index in [0.717, 1.165) is 0 Å². The maximum atomic E-state index is 15.2. The van der Waals surface area contributed by atoms with E-state index < -0.39 is 28.7 Å². The fourth-order valence-electron chi connectivity index (χ4n) is 4.71. The topological polar surface area (TPSA) is 98.1 Å². The molecule has 1 aromatic heterocycles. The molecule has 1 amide bonds. The lowest BCUT2D eigenvalue weighted by Gasteiger charge is -2.34. The Bertz CT molecular complexity index is 1390. The Morgan fingerprint density at radius 1 is 1.32 bits per heavy atom. The Morgan fingerprint density at radius 2 is 2.08 bits per heavy atom. The minimum Gasteiger partial charge on any atom is -0.378 e. The molecule has 8 nitrogen and oxygen atoms in total. The predicted molar refractivity (Wildman–Crippen MR) is 135 cm³/mol. The van der Waals surface area contributed by atoms with Crippen molar-refractivity contribution >= 4 is 28.5 Å². The van der Waals surface area contributed by atoms with Gasteiger partial charge in [-0.2, -0.15) is 0 Å². The second-order valence-electron chi connectivity index (χ2n) is 8.91. The first-order valence-electron chi connectivity index (χ1n) is 11.6. The zero-order valence-electron chi connectivity index (χ0n) is 19.7. The van der Waals surface area contributed by atoms with Crippen molar-refractivity contribution in [3.63, 3.8) is 0 Å². The van der Waals surface area contributed by atoms with Crippen LogP contribution in [0.4, 0.5) is 14.5 Å². The number of amides is 1. The van der Waals surface area contributed by atoms with Crippen LogP contribution in [0.15, 0.2) is 47.7 Å². The van der Waals surface area contributed by atoms with E-state index in [9.17, 15) is 9.18 Å². The number of morpholine rings is 1. The number of benzene rings is 1. The van der Waals surface area contributed by atoms with E-state index in [-0.39, 0.29) is 22.5 Å². The number of rotatable bonds is 4. The number of thioether (sulfide) groups is 1. The molecular formula is C26H22F2N6O2S. The second kappa shape index (κ2) is 9.92. The average Bonchev–Trinajstić information content (AvgIpc) is 3.66. The van der Waals surface area contributed by atoms with Crippen molar-refractivity contribution in [2.75, 3.05) is 33.0 Å². The molecule has 3 aliphatic rings. The molecule has 3 atom stereocenters. The largest absolute Gasteiger partial charge is 0.378 e. The van der Waals surface area contributed by atoms with Crippen LogP contribution in [0.25, 0.3) is 4.85 Å². The van der Waals surface area contributed by atoms with Crippen molar-refractivity contribution in [3.8, 4) is 11.8 Å². The quantitative estimate of drug-likeness (QED) is 0.378. The Morgan fingerprint density at radius 3 is 2.78 bits per heavy atom. The number of carbonyl (C=O) groups excluding carboxylic acids is 1. The van der Waals surface area contributed by atoms with Gasteiger partial charge in [-0.25, -0.2) is 28.6 Å². The normalized spacial score (nSPS) is 26.5. The summed E-state index contributed by atoms with van der Waals surface area (Å²) in [5, 5.41) is 0.138. The zero-order chi connectivity index (χ0) is 26.0. The molecule has 2 fully saturated rings. The summed E-state index contributed by atoms with van der Waals surface area (Å²) in [5.41, 5.74) is 5.39. The van der Waals surface area contributed by atoms with Crippen LogP contribution in [0.2, 0.25) is 0 Å². The highest BCUT2D eigenvalue weighted by atomic mass is 32.2. The third-order valence-electron chi connectivity index (χ3n) is 6.69. The third kappa shape index (κ3) is 4.80. The molecule has 37 heavy (non-hydrogen) atoms. The van der Waals surface area contributed by atoms with Crippen molar-refractivity contribution in [2.24, 2.45) is 16.6 Å². The number of amidine groups is 1. The van der Waals surface area contributed by atoms with E-state index in [1.165, 1.54) is 48.4 Å². The van der Waals surface area contributed by atoms with E-state index in [1.807, 2.05) is 0 Å². The van der Waals surface area contributed by atoms with Crippen LogP contribution in [0.5, 0.6) is 0 Å². The summed E-state index contributed by atoms with van der Waals surface area (Å²) in [6.07, 6.45) is 6.48. The number of ether oxygens (including phenoxy) is 1. The minimum atomic E-state index is -1.53. The summed E-state index contributed by atoms with van der Waals surface area (Å²) >= 11 is 1.28. The fraction of sp³-hybridized carbons (Fsp3) is 0.346. The molecule has 1 aliphatic carbocycles. The molecule has 2 aromatic rings. The number of hydrogen-bond acceptors (Lipinski definition) is 7. The second-order valence-corrected chi connectivity index (χ2v) is 10.3. The fourth-order valence-corrected chi connectivity index (χ4v) is 6.03. The van der Waals surface area contributed by atoms with E-state index in [0.29, 0.717) is 44.0 Å². The number of hydrogen-bond donors (Lipinski definition) is 1. The van der Waals surface area contributed by atoms with E-state index >= 15 is 4.39 Å². The lowest BCUT2D eigenvalue weighted by molar-refractivity contribution is -0.130. The van der Waals surface area contributed by atoms with Gasteiger partial charge >= 0.3 is 0 Å². The number of fused-ring (bicyclic) bond motifs is 1. The summed E-state index contributed by atoms with van der Waals surface area (Å²) < 4.78 is 34.6. The van der Waals surface area contributed by atoms with Gasteiger partial charge in [0.05, 0.1) is 19.8 Å². The van der Waals surface area contributed by atoms with Crippen molar-refractivity contribution in [1.29, 1.82) is 0 Å². The molecule has 1 aromatic carbocycles. The first kappa shape index (κ1) is 24.9. The number of nitrogens with zero attached hydrogens (tertiary/aromatic N) is 5. The number of aromatic nitrogens is 2. The Hall–Kier alpha value is -3.80. The summed E-state index contributed by atoms with van der Waals surface area (Å²) in [6, 6.07) is 4.19. The number of carbonyl (C=O) groups is 1. The first-order valence-corrected chi connectivity index (χ1v) is 12.4. The molecule has 2 N–H and O–H groups in total. The SMILES string of the molecule is [C-]#[N+]c1cnc(C#Cc2ccc(F)c([C@@]3(CF)N=C(N)S[C@@]4(/C=C/C(=O)N5CCOCC5)C[C@H]43)c2)nc1. The van der Waals surface area contributed by atoms with E-state index in [2.05, 4.69) is 31.6 Å². The molecule has 5 rings (SSSR count). The zero-order valence-corrected chi connectivity index (χ0v) is 20.5. The van der Waals surface area contributed by atoms with Crippen molar-refractivity contribution < 1.29 is 18.3 Å². The van der Waals surface area contributed by atoms with Gasteiger partial charge in [0, 0.05) is 53.4 Å². The van der Waals surface area contributed by atoms with Gasteiger partial charge in [-0.1, -0.05) is 23.8 Å². The van der Waals surface area contributed by atoms with Gasteiger partial charge in [0.25, 0.3) is 0 Å². The first-order chi connectivity index (χ1) is 17.9. The molecule has 0 spiro atoms. The number of aliphatic imine (C=N–C) groups is 1. The Labute approximate surface area is 216 Å². The van der Waals surface area contributed by atoms with Crippen LogP contribution < -0.4 is 5.73 Å². The predicted octanol–water partition coefficient (Wildman–Crippen LogP) is 2.97. The van der Waals surface area contributed by atoms with Crippen molar-refractivity contribution in [2.45, 2.75) is 16.7 Å². The molecule has 1 saturated carbocycles. The van der Waals surface area contributed by atoms with E-state index in [1.54, 1.807) is 11.0 Å². The Kier molecular flexibility index (Phi) is 6.67. The number of halogens is 2. The maximum absolute atomic E-state index is 15.2. The summed E-state index contributed by atoms with van der Waals surface area (Å²) in [4.78, 5) is 30.0. The van der Waals surface area contributed by atoms with Crippen LogP contribution in [0, 0.1) is 30.1 Å². The number of alkyl halides is 1. The van der Waals surface area contributed by atoms with Gasteiger partial charge in [-0.05, 0) is 30.5 Å². The molecular weight excluding hydrogens is 498 g/mol. The molecule has 0 radical (unpaired) electrons. The van der Waals surface area contributed by atoms with Crippen LogP contribution in [0.3, 0.4) is 0 Å².